The van der Waals surface area contributed by atoms with Gasteiger partial charge >= 0.3 is 12.7 Å². The van der Waals surface area contributed by atoms with E-state index in [1.54, 1.807) is 16.5 Å². The number of hydrogen-bond acceptors (Lipinski definition) is 6. The summed E-state index contributed by atoms with van der Waals surface area (Å²) in [6.07, 6.45) is -4.73. The van der Waals surface area contributed by atoms with Gasteiger partial charge in [0.1, 0.15) is 11.5 Å². The van der Waals surface area contributed by atoms with Gasteiger partial charge in [-0.15, -0.1) is 49.0 Å². The fourth-order valence-electron chi connectivity index (χ4n) is 10.8. The molecule has 0 radical (unpaired) electrons. The largest absolute Gasteiger partial charge is 0.573 e. The molecule has 0 spiro atoms. The molecule has 15 heteroatoms. The van der Waals surface area contributed by atoms with Crippen molar-refractivity contribution in [3.05, 3.63) is 168 Å². The van der Waals surface area contributed by atoms with E-state index in [0.717, 1.165) is 46.2 Å². The molecular weight excluding hydrogens is 1180 g/mol. The summed E-state index contributed by atoms with van der Waals surface area (Å²) in [6.45, 7) is 32.1. The molecule has 0 atom stereocenters. The lowest BCUT2D eigenvalue weighted by Gasteiger charge is -2.39. The summed E-state index contributed by atoms with van der Waals surface area (Å²) in [5.74, 6) is -0.700. The number of hydrogen-bond donors (Lipinski definition) is 1. The highest BCUT2D eigenvalue weighted by Gasteiger charge is 2.42. The van der Waals surface area contributed by atoms with Crippen molar-refractivity contribution in [3.63, 3.8) is 0 Å². The number of benzene rings is 6. The number of nitrogens with zero attached hydrogens (tertiary/aromatic N) is 1. The van der Waals surface area contributed by atoms with E-state index in [9.17, 15) is 26.3 Å². The first kappa shape index (κ1) is 62.1. The van der Waals surface area contributed by atoms with Gasteiger partial charge in [0, 0.05) is 62.5 Å². The molecule has 0 unspecified atom stereocenters. The topological polar surface area (TPSA) is 33.7 Å². The van der Waals surface area contributed by atoms with Crippen molar-refractivity contribution in [2.45, 2.75) is 168 Å². The number of halogens is 9. The van der Waals surface area contributed by atoms with E-state index in [2.05, 4.69) is 200 Å². The van der Waals surface area contributed by atoms with Crippen LogP contribution in [0.15, 0.2) is 126 Å². The molecule has 4 nitrogen and oxygen atoms in total. The van der Waals surface area contributed by atoms with Crippen LogP contribution >= 0.6 is 61.8 Å². The molecule has 2 aliphatic carbocycles. The number of nitrogens with one attached hydrogen (secondary N) is 1. The van der Waals surface area contributed by atoms with Gasteiger partial charge in [-0.25, -0.2) is 0 Å². The minimum Gasteiger partial charge on any atom is -0.406 e. The third-order valence-electron chi connectivity index (χ3n) is 15.4. The Morgan fingerprint density at radius 2 is 0.877 bits per heavy atom. The number of fused-ring (bicyclic) bond motifs is 6. The number of thiophene rings is 2. The maximum Gasteiger partial charge on any atom is 0.573 e. The summed E-state index contributed by atoms with van der Waals surface area (Å²) in [4.78, 5) is 4.95. The molecule has 6 aromatic carbocycles. The Kier molecular flexibility index (Phi) is 17.3. The molecule has 0 saturated heterocycles. The van der Waals surface area contributed by atoms with Gasteiger partial charge in [-0.2, -0.15) is 0 Å². The van der Waals surface area contributed by atoms with Crippen molar-refractivity contribution in [2.24, 2.45) is 0 Å². The number of anilines is 5. The van der Waals surface area contributed by atoms with Crippen molar-refractivity contribution >= 4 is 110 Å². The smallest absolute Gasteiger partial charge is 0.406 e. The molecule has 0 saturated carbocycles. The van der Waals surface area contributed by atoms with Crippen LogP contribution in [0.4, 0.5) is 54.8 Å². The summed E-state index contributed by atoms with van der Waals surface area (Å²) >= 11 is 18.7. The highest BCUT2D eigenvalue weighted by atomic mass is 79.9. The standard InChI is InChI=1S/C33H35ClF3NOS.C26H33NS.C7H3BrClF3O/c1-30(2,3)20-8-10-22(11-9-20)38(24-16-21(34)17-25(18-24)39-33(35,36)37)23-12-13-26-27(19-23)40-29-28(26)31(4,5)14-15-32(29,6)7;1-24(2,3)17-8-10-18(11-9-17)27-19-12-13-20-21(16-19)28-23-22(20)25(4,5)14-15-26(23,6)7;8-4-1-5(9)3-6(2-4)13-7(10,11)12/h8-13,16-19H,14-15H2,1-7H3;8-13,16,27H,14-15H2,1-7H3;1-3H. The van der Waals surface area contributed by atoms with Crippen LogP contribution < -0.4 is 19.7 Å². The average Bonchev–Trinajstić information content (AvgIpc) is 4.20. The minimum absolute atomic E-state index is 0.0400. The molecule has 0 bridgehead atoms. The molecule has 2 aromatic heterocycles. The maximum absolute atomic E-state index is 13.1. The molecule has 1 N–H and O–H groups in total. The van der Waals surface area contributed by atoms with Crippen LogP contribution in [-0.2, 0) is 32.5 Å². The molecule has 2 heterocycles. The lowest BCUT2D eigenvalue weighted by Crippen LogP contribution is -2.32. The Morgan fingerprint density at radius 1 is 0.469 bits per heavy atom. The predicted octanol–water partition coefficient (Wildman–Crippen LogP) is 23.9. The lowest BCUT2D eigenvalue weighted by molar-refractivity contribution is -0.275. The van der Waals surface area contributed by atoms with Crippen molar-refractivity contribution in [1.29, 1.82) is 0 Å². The van der Waals surface area contributed by atoms with Gasteiger partial charge in [0.25, 0.3) is 0 Å². The van der Waals surface area contributed by atoms with E-state index < -0.39 is 12.7 Å². The third kappa shape index (κ3) is 14.7. The van der Waals surface area contributed by atoms with Crippen LogP contribution in [0.3, 0.4) is 0 Å². The summed E-state index contributed by atoms with van der Waals surface area (Å²) in [6, 6.07) is 38.2. The normalized spacial score (nSPS) is 16.3. The van der Waals surface area contributed by atoms with Gasteiger partial charge in [0.05, 0.1) is 5.69 Å². The third-order valence-corrected chi connectivity index (χ3v) is 19.3. The zero-order valence-corrected chi connectivity index (χ0v) is 53.1. The highest BCUT2D eigenvalue weighted by molar-refractivity contribution is 9.10. The summed E-state index contributed by atoms with van der Waals surface area (Å²) in [5.41, 5.74) is 10.8. The molecule has 432 valence electrons. The first-order valence-electron chi connectivity index (χ1n) is 27.0. The maximum atomic E-state index is 13.1. The van der Waals surface area contributed by atoms with Crippen LogP contribution in [0.1, 0.15) is 155 Å². The van der Waals surface area contributed by atoms with Gasteiger partial charge in [-0.05, 0) is 170 Å². The Bertz CT molecular complexity index is 3550. The Balaban J connectivity index is 0.000000181. The molecule has 81 heavy (non-hydrogen) atoms. The molecule has 0 fully saturated rings. The van der Waals surface area contributed by atoms with Crippen LogP contribution in [0.25, 0.3) is 20.2 Å². The Morgan fingerprint density at radius 3 is 1.35 bits per heavy atom. The molecule has 0 amide bonds. The summed E-state index contributed by atoms with van der Waals surface area (Å²) in [7, 11) is 0. The van der Waals surface area contributed by atoms with Gasteiger partial charge in [0.2, 0.25) is 0 Å². The van der Waals surface area contributed by atoms with Crippen LogP contribution in [0.5, 0.6) is 11.5 Å². The van der Waals surface area contributed by atoms with Gasteiger partial charge < -0.3 is 19.7 Å². The van der Waals surface area contributed by atoms with Crippen molar-refractivity contribution in [3.8, 4) is 11.5 Å². The lowest BCUT2D eigenvalue weighted by atomic mass is 9.66. The fourth-order valence-corrected chi connectivity index (χ4v) is 14.9. The Hall–Kier alpha value is -4.92. The van der Waals surface area contributed by atoms with E-state index in [0.29, 0.717) is 10.2 Å². The predicted molar refractivity (Wildman–Crippen MR) is 334 cm³/mol. The van der Waals surface area contributed by atoms with E-state index in [4.69, 9.17) is 23.2 Å². The summed E-state index contributed by atoms with van der Waals surface area (Å²) < 4.78 is 85.5. The van der Waals surface area contributed by atoms with E-state index in [1.807, 2.05) is 39.7 Å². The first-order valence-corrected chi connectivity index (χ1v) is 30.2. The average molecular weight is 1250 g/mol. The van der Waals surface area contributed by atoms with Crippen LogP contribution in [0.2, 0.25) is 10.0 Å². The van der Waals surface area contributed by atoms with Crippen molar-refractivity contribution in [2.75, 3.05) is 10.2 Å². The van der Waals surface area contributed by atoms with Crippen LogP contribution in [0, 0.1) is 0 Å². The van der Waals surface area contributed by atoms with Crippen molar-refractivity contribution in [1.82, 2.24) is 0 Å². The quantitative estimate of drug-likeness (QED) is 0.161. The zero-order valence-electron chi connectivity index (χ0n) is 48.4. The number of alkyl halides is 6. The second-order valence-electron chi connectivity index (χ2n) is 26.0. The van der Waals surface area contributed by atoms with Gasteiger partial charge in [-0.3, -0.25) is 0 Å². The highest BCUT2D eigenvalue weighted by Crippen LogP contribution is 2.55. The Labute approximate surface area is 500 Å². The molecular formula is C66H71BrCl2F6N2O2S2. The van der Waals surface area contributed by atoms with Gasteiger partial charge in [-0.1, -0.05) is 172 Å². The second kappa shape index (κ2) is 22.6. The zero-order chi connectivity index (χ0) is 59.6. The second-order valence-corrected chi connectivity index (χ2v) is 29.9. The van der Waals surface area contributed by atoms with Crippen LogP contribution in [-0.4, -0.2) is 12.7 Å². The first-order chi connectivity index (χ1) is 37.3. The molecule has 10 rings (SSSR count). The fraction of sp³-hybridized carbons (Fsp3) is 0.394. The monoisotopic (exact) mass is 1250 g/mol. The number of ether oxygens (including phenoxy) is 2. The van der Waals surface area contributed by atoms with E-state index >= 15 is 0 Å². The molecule has 0 aliphatic heterocycles. The minimum atomic E-state index is -4.82. The summed E-state index contributed by atoms with van der Waals surface area (Å²) in [5, 5.41) is 6.63. The SMILES string of the molecule is CC(C)(C)c1ccc(N(c2cc(Cl)cc(OC(F)(F)F)c2)c2ccc3c4c(sc3c2)C(C)(C)CCC4(C)C)cc1.CC(C)(C)c1ccc(Nc2ccc3c4c(sc3c2)C(C)(C)CCC4(C)C)cc1.FC(F)(F)Oc1cc(Cl)cc(Br)c1. The van der Waals surface area contributed by atoms with Gasteiger partial charge in [0.15, 0.2) is 0 Å². The molecule has 2 aliphatic rings. The molecule has 8 aromatic rings. The van der Waals surface area contributed by atoms with Crippen molar-refractivity contribution < 1.29 is 35.8 Å². The van der Waals surface area contributed by atoms with E-state index in [-0.39, 0.29) is 54.0 Å². The number of rotatable bonds is 7. The van der Waals surface area contributed by atoms with E-state index in [1.165, 1.54) is 74.3 Å².